The third kappa shape index (κ3) is 3.30. The molecule has 0 saturated heterocycles. The van der Waals surface area contributed by atoms with E-state index in [4.69, 9.17) is 16.3 Å². The van der Waals surface area contributed by atoms with Crippen LogP contribution in [0.1, 0.15) is 32.8 Å². The standard InChI is InChI=1S/C14H22ClNO2/c1-6-14(2,3)16(4)9-10-7-11(15)13(17)12(8-10)18-5/h7-8,17H,6,9H2,1-5H3. The van der Waals surface area contributed by atoms with E-state index in [9.17, 15) is 5.11 Å². The first-order valence-electron chi connectivity index (χ1n) is 6.08. The monoisotopic (exact) mass is 271 g/mol. The van der Waals surface area contributed by atoms with Crippen LogP contribution in [0.3, 0.4) is 0 Å². The van der Waals surface area contributed by atoms with E-state index in [1.54, 1.807) is 6.07 Å². The van der Waals surface area contributed by atoms with Crippen molar-refractivity contribution in [2.45, 2.75) is 39.3 Å². The highest BCUT2D eigenvalue weighted by Gasteiger charge is 2.21. The van der Waals surface area contributed by atoms with Gasteiger partial charge in [0.1, 0.15) is 0 Å². The minimum Gasteiger partial charge on any atom is -0.503 e. The molecule has 0 aliphatic carbocycles. The van der Waals surface area contributed by atoms with Gasteiger partial charge in [-0.2, -0.15) is 0 Å². The molecule has 1 N–H and O–H groups in total. The fourth-order valence-electron chi connectivity index (χ4n) is 1.63. The van der Waals surface area contributed by atoms with E-state index in [0.717, 1.165) is 18.5 Å². The van der Waals surface area contributed by atoms with Gasteiger partial charge in [0.05, 0.1) is 12.1 Å². The second kappa shape index (κ2) is 5.81. The molecule has 0 radical (unpaired) electrons. The number of ether oxygens (including phenoxy) is 1. The SMILES string of the molecule is CCC(C)(C)N(C)Cc1cc(Cl)c(O)c(OC)c1. The van der Waals surface area contributed by atoms with Crippen LogP contribution in [0, 0.1) is 0 Å². The smallest absolute Gasteiger partial charge is 0.176 e. The van der Waals surface area contributed by atoms with E-state index >= 15 is 0 Å². The molecule has 0 fully saturated rings. The molecule has 0 aromatic heterocycles. The Morgan fingerprint density at radius 3 is 2.50 bits per heavy atom. The largest absolute Gasteiger partial charge is 0.503 e. The van der Waals surface area contributed by atoms with Crippen molar-refractivity contribution in [1.29, 1.82) is 0 Å². The van der Waals surface area contributed by atoms with Gasteiger partial charge in [0.2, 0.25) is 0 Å². The van der Waals surface area contributed by atoms with E-state index in [1.807, 2.05) is 6.07 Å². The molecule has 0 unspecified atom stereocenters. The molecule has 0 heterocycles. The number of hydrogen-bond donors (Lipinski definition) is 1. The molecular weight excluding hydrogens is 250 g/mol. The highest BCUT2D eigenvalue weighted by atomic mass is 35.5. The van der Waals surface area contributed by atoms with Gasteiger partial charge in [-0.3, -0.25) is 4.90 Å². The van der Waals surface area contributed by atoms with Crippen LogP contribution in [-0.4, -0.2) is 29.7 Å². The number of phenolic OH excluding ortho intramolecular Hbond substituents is 1. The Labute approximate surface area is 114 Å². The Bertz CT molecular complexity index is 419. The molecule has 3 nitrogen and oxygen atoms in total. The average molecular weight is 272 g/mol. The van der Waals surface area contributed by atoms with Gasteiger partial charge in [0, 0.05) is 12.1 Å². The summed E-state index contributed by atoms with van der Waals surface area (Å²) in [5.74, 6) is 0.417. The maximum Gasteiger partial charge on any atom is 0.176 e. The predicted octanol–water partition coefficient (Wildman–Crippen LogP) is 3.67. The summed E-state index contributed by atoms with van der Waals surface area (Å²) in [6, 6.07) is 3.60. The molecule has 0 saturated carbocycles. The van der Waals surface area contributed by atoms with E-state index in [1.165, 1.54) is 7.11 Å². The Kier molecular flexibility index (Phi) is 4.88. The summed E-state index contributed by atoms with van der Waals surface area (Å²) in [4.78, 5) is 2.26. The van der Waals surface area contributed by atoms with Crippen molar-refractivity contribution in [3.05, 3.63) is 22.7 Å². The van der Waals surface area contributed by atoms with Gasteiger partial charge in [-0.05, 0) is 45.0 Å². The molecule has 18 heavy (non-hydrogen) atoms. The van der Waals surface area contributed by atoms with Crippen molar-refractivity contribution in [3.63, 3.8) is 0 Å². The van der Waals surface area contributed by atoms with Crippen LogP contribution >= 0.6 is 11.6 Å². The summed E-state index contributed by atoms with van der Waals surface area (Å²) in [6.07, 6.45) is 1.06. The lowest BCUT2D eigenvalue weighted by atomic mass is 9.99. The van der Waals surface area contributed by atoms with Crippen molar-refractivity contribution in [1.82, 2.24) is 4.90 Å². The number of rotatable bonds is 5. The highest BCUT2D eigenvalue weighted by molar-refractivity contribution is 6.32. The first kappa shape index (κ1) is 15.1. The minimum absolute atomic E-state index is 0.000298. The second-order valence-corrected chi connectivity index (χ2v) is 5.56. The lowest BCUT2D eigenvalue weighted by Crippen LogP contribution is -2.39. The second-order valence-electron chi connectivity index (χ2n) is 5.15. The number of benzene rings is 1. The molecule has 1 rings (SSSR count). The minimum atomic E-state index is 0.000298. The zero-order chi connectivity index (χ0) is 13.9. The number of halogens is 1. The number of nitrogens with zero attached hydrogens (tertiary/aromatic N) is 1. The van der Waals surface area contributed by atoms with Crippen LogP contribution in [0.15, 0.2) is 12.1 Å². The first-order valence-corrected chi connectivity index (χ1v) is 6.46. The summed E-state index contributed by atoms with van der Waals surface area (Å²) < 4.78 is 5.11. The molecule has 1 aromatic rings. The zero-order valence-electron chi connectivity index (χ0n) is 11.7. The normalized spacial score (nSPS) is 11.9. The Morgan fingerprint density at radius 2 is 2.00 bits per heavy atom. The molecule has 0 aliphatic rings. The average Bonchev–Trinajstić information content (AvgIpc) is 2.33. The first-order chi connectivity index (χ1) is 8.31. The summed E-state index contributed by atoms with van der Waals surface area (Å²) >= 11 is 5.98. The summed E-state index contributed by atoms with van der Waals surface area (Å²) in [7, 11) is 3.60. The van der Waals surface area contributed by atoms with Gasteiger partial charge in [0.15, 0.2) is 11.5 Å². The number of phenols is 1. The molecule has 0 aliphatic heterocycles. The van der Waals surface area contributed by atoms with Crippen LogP contribution in [-0.2, 0) is 6.54 Å². The van der Waals surface area contributed by atoms with Crippen LogP contribution in [0.2, 0.25) is 5.02 Å². The third-order valence-electron chi connectivity index (χ3n) is 3.63. The van der Waals surface area contributed by atoms with Gasteiger partial charge >= 0.3 is 0 Å². The molecule has 0 amide bonds. The summed E-state index contributed by atoms with van der Waals surface area (Å²) in [5, 5.41) is 10.0. The summed E-state index contributed by atoms with van der Waals surface area (Å²) in [5.41, 5.74) is 1.15. The van der Waals surface area contributed by atoms with Gasteiger partial charge < -0.3 is 9.84 Å². The molecule has 0 atom stereocenters. The van der Waals surface area contributed by atoms with Crippen molar-refractivity contribution < 1.29 is 9.84 Å². The molecule has 1 aromatic carbocycles. The van der Waals surface area contributed by atoms with Crippen molar-refractivity contribution in [3.8, 4) is 11.5 Å². The topological polar surface area (TPSA) is 32.7 Å². The van der Waals surface area contributed by atoms with E-state index in [0.29, 0.717) is 10.8 Å². The van der Waals surface area contributed by atoms with Gasteiger partial charge in [-0.1, -0.05) is 18.5 Å². The molecule has 0 spiro atoms. The zero-order valence-corrected chi connectivity index (χ0v) is 12.5. The maximum atomic E-state index is 9.69. The Balaban J connectivity index is 2.95. The van der Waals surface area contributed by atoms with Crippen LogP contribution < -0.4 is 4.74 Å². The van der Waals surface area contributed by atoms with Gasteiger partial charge in [-0.25, -0.2) is 0 Å². The Morgan fingerprint density at radius 1 is 1.39 bits per heavy atom. The molecule has 102 valence electrons. The lowest BCUT2D eigenvalue weighted by molar-refractivity contribution is 0.143. The van der Waals surface area contributed by atoms with Crippen LogP contribution in [0.5, 0.6) is 11.5 Å². The fraction of sp³-hybridized carbons (Fsp3) is 0.571. The van der Waals surface area contributed by atoms with E-state index in [-0.39, 0.29) is 11.3 Å². The maximum absolute atomic E-state index is 9.69. The highest BCUT2D eigenvalue weighted by Crippen LogP contribution is 2.35. The van der Waals surface area contributed by atoms with Crippen LogP contribution in [0.25, 0.3) is 0 Å². The van der Waals surface area contributed by atoms with Crippen molar-refractivity contribution >= 4 is 11.6 Å². The quantitative estimate of drug-likeness (QED) is 0.887. The van der Waals surface area contributed by atoms with E-state index < -0.39 is 0 Å². The molecule has 4 heteroatoms. The summed E-state index contributed by atoms with van der Waals surface area (Å²) in [6.45, 7) is 7.33. The number of methoxy groups -OCH3 is 1. The van der Waals surface area contributed by atoms with Gasteiger partial charge in [-0.15, -0.1) is 0 Å². The Hall–Kier alpha value is -0.930. The predicted molar refractivity (Wildman–Crippen MR) is 75.5 cm³/mol. The van der Waals surface area contributed by atoms with Crippen LogP contribution in [0.4, 0.5) is 0 Å². The van der Waals surface area contributed by atoms with Crippen molar-refractivity contribution in [2.75, 3.05) is 14.2 Å². The van der Waals surface area contributed by atoms with Gasteiger partial charge in [0.25, 0.3) is 0 Å². The van der Waals surface area contributed by atoms with Crippen molar-refractivity contribution in [2.24, 2.45) is 0 Å². The number of hydrogen-bond acceptors (Lipinski definition) is 3. The third-order valence-corrected chi connectivity index (χ3v) is 3.91. The number of aromatic hydroxyl groups is 1. The molecular formula is C14H22ClNO2. The molecule has 0 bridgehead atoms. The lowest BCUT2D eigenvalue weighted by Gasteiger charge is -2.35. The van der Waals surface area contributed by atoms with E-state index in [2.05, 4.69) is 32.7 Å². The fourth-order valence-corrected chi connectivity index (χ4v) is 1.87.